The van der Waals surface area contributed by atoms with E-state index in [4.69, 9.17) is 5.73 Å². The maximum Gasteiger partial charge on any atom is 0.248 e. The number of amides is 1. The highest BCUT2D eigenvalue weighted by Gasteiger charge is 2.04. The first-order chi connectivity index (χ1) is 5.11. The summed E-state index contributed by atoms with van der Waals surface area (Å²) in [5.41, 5.74) is 5.91. The van der Waals surface area contributed by atoms with Gasteiger partial charge in [-0.15, -0.1) is 0 Å². The van der Waals surface area contributed by atoms with Crippen LogP contribution in [0.2, 0.25) is 0 Å². The van der Waals surface area contributed by atoms with E-state index in [2.05, 4.69) is 0 Å². The molecular formula is C8H16N2O. The van der Waals surface area contributed by atoms with Gasteiger partial charge in [-0.25, -0.2) is 0 Å². The van der Waals surface area contributed by atoms with Crippen molar-refractivity contribution in [1.82, 2.24) is 4.90 Å². The van der Waals surface area contributed by atoms with Gasteiger partial charge in [0.1, 0.15) is 0 Å². The van der Waals surface area contributed by atoms with Crippen LogP contribution < -0.4 is 5.73 Å². The highest BCUT2D eigenvalue weighted by molar-refractivity contribution is 5.88. The minimum Gasteiger partial charge on any atom is -0.402 e. The zero-order chi connectivity index (χ0) is 8.85. The molecule has 2 N–H and O–H groups in total. The van der Waals surface area contributed by atoms with E-state index in [0.717, 1.165) is 13.1 Å². The van der Waals surface area contributed by atoms with Crippen LogP contribution in [0.5, 0.6) is 0 Å². The molecule has 3 heteroatoms. The Balaban J connectivity index is 4.11. The SMILES string of the molecule is CCN(CC)C(=O)/C=C(/C)N. The van der Waals surface area contributed by atoms with E-state index in [1.54, 1.807) is 11.8 Å². The standard InChI is InChI=1S/C8H16N2O/c1-4-10(5-2)8(11)6-7(3)9/h6H,4-5,9H2,1-3H3/b7-6-. The molecule has 3 nitrogen and oxygen atoms in total. The summed E-state index contributed by atoms with van der Waals surface area (Å²) < 4.78 is 0. The molecule has 0 aromatic heterocycles. The summed E-state index contributed by atoms with van der Waals surface area (Å²) >= 11 is 0. The molecule has 0 aliphatic heterocycles. The second kappa shape index (κ2) is 4.77. The maximum absolute atomic E-state index is 11.2. The van der Waals surface area contributed by atoms with Crippen LogP contribution in [-0.2, 0) is 4.79 Å². The van der Waals surface area contributed by atoms with Crippen LogP contribution in [0.4, 0.5) is 0 Å². The van der Waals surface area contributed by atoms with E-state index in [0.29, 0.717) is 5.70 Å². The van der Waals surface area contributed by atoms with Crippen LogP contribution in [0.1, 0.15) is 20.8 Å². The number of carbonyl (C=O) groups excluding carboxylic acids is 1. The molecule has 0 bridgehead atoms. The van der Waals surface area contributed by atoms with Crippen molar-refractivity contribution in [3.05, 3.63) is 11.8 Å². The highest BCUT2D eigenvalue weighted by atomic mass is 16.2. The van der Waals surface area contributed by atoms with Gasteiger partial charge in [0.05, 0.1) is 0 Å². The van der Waals surface area contributed by atoms with Gasteiger partial charge in [-0.2, -0.15) is 0 Å². The van der Waals surface area contributed by atoms with E-state index in [1.807, 2.05) is 13.8 Å². The van der Waals surface area contributed by atoms with Crippen LogP contribution in [-0.4, -0.2) is 23.9 Å². The van der Waals surface area contributed by atoms with Crippen molar-refractivity contribution in [1.29, 1.82) is 0 Å². The predicted molar refractivity (Wildman–Crippen MR) is 45.9 cm³/mol. The second-order valence-electron chi connectivity index (χ2n) is 2.40. The Hall–Kier alpha value is -0.990. The van der Waals surface area contributed by atoms with Gasteiger partial charge in [0.25, 0.3) is 0 Å². The molecule has 0 aromatic rings. The molecule has 11 heavy (non-hydrogen) atoms. The molecule has 0 aliphatic rings. The van der Waals surface area contributed by atoms with E-state index < -0.39 is 0 Å². The number of hydrogen-bond acceptors (Lipinski definition) is 2. The summed E-state index contributed by atoms with van der Waals surface area (Å²) in [6.45, 7) is 7.07. The minimum atomic E-state index is -0.00463. The third-order valence-corrected chi connectivity index (χ3v) is 1.43. The fourth-order valence-electron chi connectivity index (χ4n) is 0.821. The van der Waals surface area contributed by atoms with Crippen LogP contribution in [0.25, 0.3) is 0 Å². The average molecular weight is 156 g/mol. The zero-order valence-electron chi connectivity index (χ0n) is 7.42. The molecule has 0 saturated heterocycles. The second-order valence-corrected chi connectivity index (χ2v) is 2.40. The van der Waals surface area contributed by atoms with Crippen molar-refractivity contribution in [3.8, 4) is 0 Å². The number of rotatable bonds is 3. The van der Waals surface area contributed by atoms with Crippen molar-refractivity contribution in [2.75, 3.05) is 13.1 Å². The molecule has 0 atom stereocenters. The number of nitrogens with zero attached hydrogens (tertiary/aromatic N) is 1. The smallest absolute Gasteiger partial charge is 0.248 e. The van der Waals surface area contributed by atoms with Crippen LogP contribution >= 0.6 is 0 Å². The Morgan fingerprint density at radius 3 is 2.18 bits per heavy atom. The van der Waals surface area contributed by atoms with Gasteiger partial charge in [-0.1, -0.05) is 0 Å². The van der Waals surface area contributed by atoms with Gasteiger partial charge < -0.3 is 10.6 Å². The molecule has 0 rings (SSSR count). The Labute approximate surface area is 67.9 Å². The van der Waals surface area contributed by atoms with Crippen LogP contribution in [0.3, 0.4) is 0 Å². The van der Waals surface area contributed by atoms with Gasteiger partial charge in [-0.3, -0.25) is 4.79 Å². The van der Waals surface area contributed by atoms with E-state index >= 15 is 0 Å². The number of hydrogen-bond donors (Lipinski definition) is 1. The molecule has 64 valence electrons. The lowest BCUT2D eigenvalue weighted by Gasteiger charge is -2.16. The third-order valence-electron chi connectivity index (χ3n) is 1.43. The summed E-state index contributed by atoms with van der Waals surface area (Å²) in [5, 5.41) is 0. The Kier molecular flexibility index (Phi) is 4.34. The number of allylic oxidation sites excluding steroid dienone is 1. The molecule has 0 aliphatic carbocycles. The van der Waals surface area contributed by atoms with Gasteiger partial charge in [0.2, 0.25) is 5.91 Å². The van der Waals surface area contributed by atoms with Gasteiger partial charge in [0.15, 0.2) is 0 Å². The molecule has 0 unspecified atom stereocenters. The normalized spacial score (nSPS) is 11.4. The lowest BCUT2D eigenvalue weighted by molar-refractivity contribution is -0.125. The van der Waals surface area contributed by atoms with Crippen molar-refractivity contribution >= 4 is 5.91 Å². The van der Waals surface area contributed by atoms with Crippen molar-refractivity contribution in [2.45, 2.75) is 20.8 Å². The van der Waals surface area contributed by atoms with Gasteiger partial charge in [0, 0.05) is 24.9 Å². The van der Waals surface area contributed by atoms with Crippen molar-refractivity contribution in [2.24, 2.45) is 5.73 Å². The van der Waals surface area contributed by atoms with Gasteiger partial charge in [-0.05, 0) is 20.8 Å². The molecule has 0 aromatic carbocycles. The Morgan fingerprint density at radius 1 is 1.45 bits per heavy atom. The topological polar surface area (TPSA) is 46.3 Å². The predicted octanol–water partition coefficient (Wildman–Crippen LogP) is 0.717. The molecule has 0 spiro atoms. The number of carbonyl (C=O) groups is 1. The zero-order valence-corrected chi connectivity index (χ0v) is 7.42. The van der Waals surface area contributed by atoms with Crippen molar-refractivity contribution < 1.29 is 4.79 Å². The van der Waals surface area contributed by atoms with E-state index in [-0.39, 0.29) is 5.91 Å². The van der Waals surface area contributed by atoms with Crippen LogP contribution in [0, 0.1) is 0 Å². The first kappa shape index (κ1) is 10.0. The quantitative estimate of drug-likeness (QED) is 0.612. The summed E-state index contributed by atoms with van der Waals surface area (Å²) in [6.07, 6.45) is 1.45. The van der Waals surface area contributed by atoms with E-state index in [1.165, 1.54) is 6.08 Å². The summed E-state index contributed by atoms with van der Waals surface area (Å²) in [7, 11) is 0. The van der Waals surface area contributed by atoms with Crippen molar-refractivity contribution in [3.63, 3.8) is 0 Å². The summed E-state index contributed by atoms with van der Waals surface area (Å²) in [4.78, 5) is 12.9. The average Bonchev–Trinajstić information content (AvgIpc) is 1.88. The number of nitrogens with two attached hydrogens (primary N) is 1. The molecule has 0 radical (unpaired) electrons. The molecule has 0 fully saturated rings. The highest BCUT2D eigenvalue weighted by Crippen LogP contribution is 1.91. The molecule has 1 amide bonds. The third kappa shape index (κ3) is 3.65. The van der Waals surface area contributed by atoms with Crippen LogP contribution in [0.15, 0.2) is 11.8 Å². The lowest BCUT2D eigenvalue weighted by Crippen LogP contribution is -2.29. The Bertz CT molecular complexity index is 155. The molecule has 0 saturated carbocycles. The fourth-order valence-corrected chi connectivity index (χ4v) is 0.821. The first-order valence-corrected chi connectivity index (χ1v) is 3.84. The molecular weight excluding hydrogens is 140 g/mol. The fraction of sp³-hybridized carbons (Fsp3) is 0.625. The van der Waals surface area contributed by atoms with Gasteiger partial charge >= 0.3 is 0 Å². The lowest BCUT2D eigenvalue weighted by atomic mass is 10.4. The Morgan fingerprint density at radius 2 is 1.91 bits per heavy atom. The number of likely N-dealkylation sites (N-methyl/N-ethyl adjacent to an activating group) is 1. The minimum absolute atomic E-state index is 0.00463. The molecule has 0 heterocycles. The maximum atomic E-state index is 11.2. The monoisotopic (exact) mass is 156 g/mol. The van der Waals surface area contributed by atoms with E-state index in [9.17, 15) is 4.79 Å². The summed E-state index contributed by atoms with van der Waals surface area (Å²) in [6, 6.07) is 0. The first-order valence-electron chi connectivity index (χ1n) is 3.84. The summed E-state index contributed by atoms with van der Waals surface area (Å²) in [5.74, 6) is -0.00463. The largest absolute Gasteiger partial charge is 0.402 e.